The van der Waals surface area contributed by atoms with Gasteiger partial charge in [-0.15, -0.1) is 0 Å². The molecule has 73 valence electrons. The summed E-state index contributed by atoms with van der Waals surface area (Å²) >= 11 is 0. The molecular formula is C10H21O2. The highest BCUT2D eigenvalue weighted by Crippen LogP contribution is 2.22. The predicted molar refractivity (Wildman–Crippen MR) is 50.7 cm³/mol. The average Bonchev–Trinajstić information content (AvgIpc) is 2.02. The van der Waals surface area contributed by atoms with Gasteiger partial charge in [-0.3, -0.25) is 0 Å². The Labute approximate surface area is 75.6 Å². The molecule has 2 N–H and O–H groups in total. The van der Waals surface area contributed by atoms with Crippen LogP contribution in [0.25, 0.3) is 0 Å². The van der Waals surface area contributed by atoms with Crippen molar-refractivity contribution >= 4 is 0 Å². The van der Waals surface area contributed by atoms with Gasteiger partial charge in [0, 0.05) is 0 Å². The third-order valence-electron chi connectivity index (χ3n) is 2.46. The minimum absolute atomic E-state index is 0.546. The molecule has 2 heteroatoms. The molecule has 0 aromatic rings. The minimum Gasteiger partial charge on any atom is -0.390 e. The third-order valence-corrected chi connectivity index (χ3v) is 2.46. The summed E-state index contributed by atoms with van der Waals surface area (Å²) in [5, 5.41) is 19.3. The lowest BCUT2D eigenvalue weighted by atomic mass is 9.89. The Hall–Kier alpha value is -0.0800. The van der Waals surface area contributed by atoms with Gasteiger partial charge in [-0.1, -0.05) is 13.8 Å². The van der Waals surface area contributed by atoms with E-state index >= 15 is 0 Å². The van der Waals surface area contributed by atoms with Crippen molar-refractivity contribution in [2.45, 2.75) is 58.2 Å². The molecule has 0 aliphatic heterocycles. The smallest absolute Gasteiger partial charge is 0.0650 e. The molecule has 0 rings (SSSR count). The highest BCUT2D eigenvalue weighted by molar-refractivity contribution is 4.92. The lowest BCUT2D eigenvalue weighted by Gasteiger charge is -2.27. The molecule has 2 nitrogen and oxygen atoms in total. The Kier molecular flexibility index (Phi) is 4.21. The van der Waals surface area contributed by atoms with Crippen LogP contribution >= 0.6 is 0 Å². The molecule has 0 fully saturated rings. The van der Waals surface area contributed by atoms with E-state index in [2.05, 4.69) is 0 Å². The molecule has 0 amide bonds. The van der Waals surface area contributed by atoms with Crippen LogP contribution in [0.1, 0.15) is 47.0 Å². The molecule has 0 saturated carbocycles. The Morgan fingerprint density at radius 3 is 1.92 bits per heavy atom. The van der Waals surface area contributed by atoms with Crippen LogP contribution < -0.4 is 0 Å². The van der Waals surface area contributed by atoms with Crippen molar-refractivity contribution in [2.75, 3.05) is 0 Å². The second-order valence-electron chi connectivity index (χ2n) is 3.97. The van der Waals surface area contributed by atoms with Gasteiger partial charge in [0.2, 0.25) is 0 Å². The summed E-state index contributed by atoms with van der Waals surface area (Å²) < 4.78 is 0. The molecule has 2 atom stereocenters. The fraction of sp³-hybridized carbons (Fsp3) is 0.900. The van der Waals surface area contributed by atoms with Crippen molar-refractivity contribution in [3.8, 4) is 0 Å². The van der Waals surface area contributed by atoms with E-state index < -0.39 is 11.2 Å². The van der Waals surface area contributed by atoms with Crippen LogP contribution in [0.5, 0.6) is 0 Å². The zero-order chi connectivity index (χ0) is 9.83. The first kappa shape index (κ1) is 11.9. The molecule has 0 saturated heterocycles. The second kappa shape index (κ2) is 4.24. The number of rotatable bonds is 5. The molecular weight excluding hydrogens is 152 g/mol. The summed E-state index contributed by atoms with van der Waals surface area (Å²) in [6.45, 7) is 7.42. The summed E-state index contributed by atoms with van der Waals surface area (Å²) in [7, 11) is 0. The van der Waals surface area contributed by atoms with Gasteiger partial charge in [-0.25, -0.2) is 0 Å². The lowest BCUT2D eigenvalue weighted by molar-refractivity contribution is 0.0280. The molecule has 0 spiro atoms. The first-order valence-corrected chi connectivity index (χ1v) is 4.62. The molecule has 2 unspecified atom stereocenters. The van der Waals surface area contributed by atoms with Crippen LogP contribution in [-0.4, -0.2) is 21.4 Å². The van der Waals surface area contributed by atoms with E-state index in [1.54, 1.807) is 20.3 Å². The maximum absolute atomic E-state index is 9.64. The standard InChI is InChI=1S/C10H21O2/c1-5-9(3,11)7-8-10(4,12)6-2/h7,11-12H,5-6,8H2,1-4H3. The van der Waals surface area contributed by atoms with Crippen molar-refractivity contribution in [1.82, 2.24) is 0 Å². The zero-order valence-electron chi connectivity index (χ0n) is 8.59. The van der Waals surface area contributed by atoms with E-state index in [9.17, 15) is 10.2 Å². The highest BCUT2D eigenvalue weighted by Gasteiger charge is 2.24. The van der Waals surface area contributed by atoms with Crippen LogP contribution in [0.15, 0.2) is 0 Å². The average molecular weight is 173 g/mol. The monoisotopic (exact) mass is 173 g/mol. The number of hydrogen-bond donors (Lipinski definition) is 2. The van der Waals surface area contributed by atoms with Gasteiger partial charge < -0.3 is 10.2 Å². The predicted octanol–water partition coefficient (Wildman–Crippen LogP) is 1.90. The summed E-state index contributed by atoms with van der Waals surface area (Å²) in [6, 6.07) is 0. The van der Waals surface area contributed by atoms with Gasteiger partial charge >= 0.3 is 0 Å². The highest BCUT2D eigenvalue weighted by atomic mass is 16.3. The van der Waals surface area contributed by atoms with Gasteiger partial charge in [0.15, 0.2) is 0 Å². The summed E-state index contributed by atoms with van der Waals surface area (Å²) in [6.07, 6.45) is 3.73. The first-order valence-electron chi connectivity index (χ1n) is 4.62. The number of hydrogen-bond acceptors (Lipinski definition) is 2. The SMILES string of the molecule is CCC(C)(O)[CH]CC(C)(O)CC. The van der Waals surface area contributed by atoms with Crippen LogP contribution in [0.3, 0.4) is 0 Å². The van der Waals surface area contributed by atoms with Crippen molar-refractivity contribution < 1.29 is 10.2 Å². The topological polar surface area (TPSA) is 40.5 Å². The molecule has 0 aliphatic rings. The fourth-order valence-electron chi connectivity index (χ4n) is 0.728. The van der Waals surface area contributed by atoms with Crippen LogP contribution in [0.4, 0.5) is 0 Å². The second-order valence-corrected chi connectivity index (χ2v) is 3.97. The Morgan fingerprint density at radius 2 is 1.58 bits per heavy atom. The van der Waals surface area contributed by atoms with Gasteiger partial charge in [-0.05, 0) is 39.5 Å². The van der Waals surface area contributed by atoms with Gasteiger partial charge in [-0.2, -0.15) is 0 Å². The maximum Gasteiger partial charge on any atom is 0.0650 e. The van der Waals surface area contributed by atoms with Crippen LogP contribution in [0.2, 0.25) is 0 Å². The van der Waals surface area contributed by atoms with E-state index in [0.29, 0.717) is 19.3 Å². The van der Waals surface area contributed by atoms with E-state index in [4.69, 9.17) is 0 Å². The normalized spacial score (nSPS) is 21.5. The Balaban J connectivity index is 3.82. The van der Waals surface area contributed by atoms with Crippen molar-refractivity contribution in [3.05, 3.63) is 6.42 Å². The van der Waals surface area contributed by atoms with Gasteiger partial charge in [0.25, 0.3) is 0 Å². The van der Waals surface area contributed by atoms with Crippen molar-refractivity contribution in [2.24, 2.45) is 0 Å². The Bertz CT molecular complexity index is 112. The van der Waals surface area contributed by atoms with Crippen LogP contribution in [-0.2, 0) is 0 Å². The lowest BCUT2D eigenvalue weighted by Crippen LogP contribution is -2.30. The third kappa shape index (κ3) is 4.73. The summed E-state index contributed by atoms with van der Waals surface area (Å²) in [4.78, 5) is 0. The van der Waals surface area contributed by atoms with Crippen molar-refractivity contribution in [1.29, 1.82) is 0 Å². The quantitative estimate of drug-likeness (QED) is 0.666. The largest absolute Gasteiger partial charge is 0.390 e. The van der Waals surface area contributed by atoms with E-state index in [0.717, 1.165) is 0 Å². The molecule has 0 aromatic heterocycles. The zero-order valence-corrected chi connectivity index (χ0v) is 8.59. The molecule has 12 heavy (non-hydrogen) atoms. The molecule has 0 bridgehead atoms. The van der Waals surface area contributed by atoms with E-state index in [-0.39, 0.29) is 0 Å². The van der Waals surface area contributed by atoms with Crippen LogP contribution in [0, 0.1) is 6.42 Å². The molecule has 0 aliphatic carbocycles. The summed E-state index contributed by atoms with van der Waals surface area (Å²) in [5.74, 6) is 0. The molecule has 0 heterocycles. The Morgan fingerprint density at radius 1 is 1.08 bits per heavy atom. The fourth-order valence-corrected chi connectivity index (χ4v) is 0.728. The maximum atomic E-state index is 9.64. The first-order chi connectivity index (χ1) is 5.33. The minimum atomic E-state index is -0.737. The number of aliphatic hydroxyl groups is 2. The summed E-state index contributed by atoms with van der Waals surface area (Å²) in [5.41, 5.74) is -1.40. The van der Waals surface area contributed by atoms with Gasteiger partial charge in [0.05, 0.1) is 11.2 Å². The van der Waals surface area contributed by atoms with Gasteiger partial charge in [0.1, 0.15) is 0 Å². The van der Waals surface area contributed by atoms with E-state index in [1.165, 1.54) is 0 Å². The molecule has 1 radical (unpaired) electrons. The van der Waals surface area contributed by atoms with E-state index in [1.807, 2.05) is 13.8 Å². The van der Waals surface area contributed by atoms with Crippen molar-refractivity contribution in [3.63, 3.8) is 0 Å². The molecule has 0 aromatic carbocycles.